The lowest BCUT2D eigenvalue weighted by atomic mass is 9.87. The molecule has 1 aliphatic rings. The van der Waals surface area contributed by atoms with Crippen LogP contribution in [-0.4, -0.2) is 43.2 Å². The van der Waals surface area contributed by atoms with E-state index < -0.39 is 0 Å². The molecule has 1 saturated carbocycles. The van der Waals surface area contributed by atoms with Crippen LogP contribution in [0, 0.1) is 6.92 Å². The number of anilines is 2. The number of aromatic nitrogens is 6. The molecule has 3 heterocycles. The summed E-state index contributed by atoms with van der Waals surface area (Å²) in [5.41, 5.74) is 1.88. The van der Waals surface area contributed by atoms with Gasteiger partial charge < -0.3 is 10.1 Å². The normalized spacial score (nSPS) is 20.6. The van der Waals surface area contributed by atoms with Crippen molar-refractivity contribution < 1.29 is 4.74 Å². The van der Waals surface area contributed by atoms with Crippen molar-refractivity contribution in [2.75, 3.05) is 12.4 Å². The molecule has 138 valence electrons. The molecule has 0 unspecified atom stereocenters. The third kappa shape index (κ3) is 3.16. The zero-order valence-electron chi connectivity index (χ0n) is 15.5. The Morgan fingerprint density at radius 2 is 2.08 bits per heavy atom. The van der Waals surface area contributed by atoms with Gasteiger partial charge in [0.2, 0.25) is 0 Å². The molecule has 0 amide bonds. The number of rotatable bonds is 5. The summed E-state index contributed by atoms with van der Waals surface area (Å²) in [5.74, 6) is 2.76. The predicted octanol–water partition coefficient (Wildman–Crippen LogP) is 3.29. The minimum absolute atomic E-state index is 0.354. The predicted molar refractivity (Wildman–Crippen MR) is 99.6 cm³/mol. The van der Waals surface area contributed by atoms with Crippen LogP contribution >= 0.6 is 0 Å². The Bertz CT molecular complexity index is 892. The molecular formula is C18H25N7O. The van der Waals surface area contributed by atoms with Crippen molar-refractivity contribution in [3.05, 3.63) is 23.8 Å². The van der Waals surface area contributed by atoms with Crippen molar-refractivity contribution in [1.29, 1.82) is 0 Å². The number of nitrogens with one attached hydrogen (secondary N) is 2. The highest BCUT2D eigenvalue weighted by Gasteiger charge is 2.26. The van der Waals surface area contributed by atoms with E-state index in [2.05, 4.69) is 27.5 Å². The maximum Gasteiger partial charge on any atom is 0.163 e. The summed E-state index contributed by atoms with van der Waals surface area (Å²) in [6.45, 7) is 4.82. The highest BCUT2D eigenvalue weighted by molar-refractivity contribution is 5.88. The molecule has 0 spiro atoms. The van der Waals surface area contributed by atoms with Gasteiger partial charge in [0.1, 0.15) is 11.6 Å². The summed E-state index contributed by atoms with van der Waals surface area (Å²) in [4.78, 5) is 9.73. The van der Waals surface area contributed by atoms with E-state index in [9.17, 15) is 0 Å². The molecule has 26 heavy (non-hydrogen) atoms. The monoisotopic (exact) mass is 355 g/mol. The summed E-state index contributed by atoms with van der Waals surface area (Å²) < 4.78 is 7.41. The van der Waals surface area contributed by atoms with Gasteiger partial charge in [-0.05, 0) is 39.5 Å². The summed E-state index contributed by atoms with van der Waals surface area (Å²) >= 11 is 0. The lowest BCUT2D eigenvalue weighted by Crippen LogP contribution is -2.21. The van der Waals surface area contributed by atoms with Crippen molar-refractivity contribution in [2.45, 2.75) is 58.1 Å². The van der Waals surface area contributed by atoms with Crippen molar-refractivity contribution in [3.8, 4) is 0 Å². The Morgan fingerprint density at radius 3 is 2.73 bits per heavy atom. The number of methoxy groups -OCH3 is 1. The van der Waals surface area contributed by atoms with Crippen molar-refractivity contribution in [3.63, 3.8) is 0 Å². The topological polar surface area (TPSA) is 93.5 Å². The van der Waals surface area contributed by atoms with Crippen molar-refractivity contribution in [2.24, 2.45) is 0 Å². The van der Waals surface area contributed by atoms with Crippen LogP contribution in [0.4, 0.5) is 11.6 Å². The Balaban J connectivity index is 1.71. The number of nitrogens with zero attached hydrogens (tertiary/aromatic N) is 5. The molecule has 1 aliphatic carbocycles. The smallest absolute Gasteiger partial charge is 0.163 e. The zero-order chi connectivity index (χ0) is 18.1. The first-order valence-electron chi connectivity index (χ1n) is 9.23. The third-order valence-electron chi connectivity index (χ3n) is 5.14. The molecule has 0 radical (unpaired) electrons. The average molecular weight is 355 g/mol. The van der Waals surface area contributed by atoms with Crippen LogP contribution in [0.15, 0.2) is 12.3 Å². The first-order valence-corrected chi connectivity index (χ1v) is 9.23. The molecule has 8 nitrogen and oxygen atoms in total. The Kier molecular flexibility index (Phi) is 4.58. The molecule has 1 fully saturated rings. The fraction of sp³-hybridized carbons (Fsp3) is 0.556. The minimum Gasteiger partial charge on any atom is -0.381 e. The molecule has 0 aromatic carbocycles. The molecule has 0 bridgehead atoms. The van der Waals surface area contributed by atoms with Crippen LogP contribution in [0.5, 0.6) is 0 Å². The molecule has 3 aromatic rings. The number of hydrogen-bond acceptors (Lipinski definition) is 6. The van der Waals surface area contributed by atoms with Gasteiger partial charge in [0, 0.05) is 31.3 Å². The van der Waals surface area contributed by atoms with Crippen LogP contribution in [0.1, 0.15) is 50.0 Å². The third-order valence-corrected chi connectivity index (χ3v) is 5.14. The zero-order valence-corrected chi connectivity index (χ0v) is 15.5. The van der Waals surface area contributed by atoms with Gasteiger partial charge >= 0.3 is 0 Å². The number of H-pyrrole nitrogens is 1. The molecule has 0 saturated heterocycles. The summed E-state index contributed by atoms with van der Waals surface area (Å²) in [5, 5.41) is 15.9. The second kappa shape index (κ2) is 7.03. The first kappa shape index (κ1) is 17.0. The van der Waals surface area contributed by atoms with Gasteiger partial charge in [-0.3, -0.25) is 5.10 Å². The van der Waals surface area contributed by atoms with Crippen LogP contribution in [0.2, 0.25) is 0 Å². The van der Waals surface area contributed by atoms with Gasteiger partial charge in [-0.25, -0.2) is 14.6 Å². The quantitative estimate of drug-likeness (QED) is 0.729. The van der Waals surface area contributed by atoms with Gasteiger partial charge in [0.15, 0.2) is 11.5 Å². The second-order valence-electron chi connectivity index (χ2n) is 6.90. The minimum atomic E-state index is 0.354. The van der Waals surface area contributed by atoms with Gasteiger partial charge in [-0.2, -0.15) is 10.2 Å². The van der Waals surface area contributed by atoms with E-state index >= 15 is 0 Å². The largest absolute Gasteiger partial charge is 0.381 e. The van der Waals surface area contributed by atoms with E-state index in [1.165, 1.54) is 0 Å². The van der Waals surface area contributed by atoms with E-state index in [1.54, 1.807) is 7.11 Å². The van der Waals surface area contributed by atoms with Gasteiger partial charge in [-0.15, -0.1) is 0 Å². The number of fused-ring (bicyclic) bond motifs is 1. The van der Waals surface area contributed by atoms with Crippen LogP contribution in [-0.2, 0) is 11.3 Å². The SMILES string of the molecule is CCn1ncc2c(Nc3cc(C)[nH]n3)nc(C3CCC(OC)CC3)nc21. The number of ether oxygens (including phenoxy) is 1. The van der Waals surface area contributed by atoms with Gasteiger partial charge in [-0.1, -0.05) is 0 Å². The fourth-order valence-corrected chi connectivity index (χ4v) is 3.64. The van der Waals surface area contributed by atoms with Crippen molar-refractivity contribution in [1.82, 2.24) is 29.9 Å². The van der Waals surface area contributed by atoms with E-state index in [0.29, 0.717) is 12.0 Å². The van der Waals surface area contributed by atoms with Gasteiger partial charge in [0.05, 0.1) is 17.7 Å². The maximum absolute atomic E-state index is 5.50. The van der Waals surface area contributed by atoms with E-state index in [4.69, 9.17) is 14.7 Å². The lowest BCUT2D eigenvalue weighted by Gasteiger charge is -2.26. The number of aryl methyl sites for hydroxylation is 2. The van der Waals surface area contributed by atoms with Crippen LogP contribution < -0.4 is 5.32 Å². The lowest BCUT2D eigenvalue weighted by molar-refractivity contribution is 0.0651. The maximum atomic E-state index is 5.50. The standard InChI is InChI=1S/C18H25N7O/c1-4-25-18-14(10-19-25)17(20-15-9-11(2)23-24-15)21-16(22-18)12-5-7-13(26-3)8-6-12/h9-10,12-13H,4-8H2,1-3H3,(H2,20,21,22,23,24). The number of aromatic amines is 1. The van der Waals surface area contributed by atoms with Crippen LogP contribution in [0.25, 0.3) is 11.0 Å². The van der Waals surface area contributed by atoms with E-state index in [1.807, 2.05) is 23.9 Å². The van der Waals surface area contributed by atoms with Gasteiger partial charge in [0.25, 0.3) is 0 Å². The van der Waals surface area contributed by atoms with E-state index in [0.717, 1.165) is 66.4 Å². The second-order valence-corrected chi connectivity index (χ2v) is 6.90. The average Bonchev–Trinajstić information content (AvgIpc) is 3.27. The molecular weight excluding hydrogens is 330 g/mol. The Labute approximate surface area is 152 Å². The molecule has 2 N–H and O–H groups in total. The Hall–Kier alpha value is -2.48. The Morgan fingerprint density at radius 1 is 1.27 bits per heavy atom. The number of hydrogen-bond donors (Lipinski definition) is 2. The fourth-order valence-electron chi connectivity index (χ4n) is 3.64. The molecule has 4 rings (SSSR count). The highest BCUT2D eigenvalue weighted by atomic mass is 16.5. The summed E-state index contributed by atoms with van der Waals surface area (Å²) in [7, 11) is 1.79. The highest BCUT2D eigenvalue weighted by Crippen LogP contribution is 2.34. The molecule has 3 aromatic heterocycles. The molecule has 0 aliphatic heterocycles. The summed E-state index contributed by atoms with van der Waals surface area (Å²) in [6.07, 6.45) is 6.39. The van der Waals surface area contributed by atoms with Crippen molar-refractivity contribution >= 4 is 22.7 Å². The molecule has 8 heteroatoms. The van der Waals surface area contributed by atoms with E-state index in [-0.39, 0.29) is 0 Å². The van der Waals surface area contributed by atoms with Crippen LogP contribution in [0.3, 0.4) is 0 Å². The summed E-state index contributed by atoms with van der Waals surface area (Å²) in [6, 6.07) is 1.96. The molecule has 0 atom stereocenters. The first-order chi connectivity index (χ1) is 12.7.